The lowest BCUT2D eigenvalue weighted by Crippen LogP contribution is -2.69. The molecule has 0 bridgehead atoms. The van der Waals surface area contributed by atoms with Crippen LogP contribution in [0.4, 0.5) is 0 Å². The Kier molecular flexibility index (Phi) is 17.9. The van der Waals surface area contributed by atoms with Gasteiger partial charge in [-0.25, -0.2) is 0 Å². The molecule has 0 aromatic carbocycles. The summed E-state index contributed by atoms with van der Waals surface area (Å²) in [5.74, 6) is 2.63. The molecule has 6 aliphatic heterocycles. The maximum Gasteiger partial charge on any atom is 0.0569 e. The van der Waals surface area contributed by atoms with Gasteiger partial charge < -0.3 is 10.1 Å². The van der Waals surface area contributed by atoms with Gasteiger partial charge >= 0.3 is 0 Å². The highest BCUT2D eigenvalue weighted by Crippen LogP contribution is 2.40. The monoisotopic (exact) mass is 711 g/mol. The van der Waals surface area contributed by atoms with Crippen LogP contribution in [0, 0.1) is 5.41 Å². The molecule has 6 heterocycles. The van der Waals surface area contributed by atoms with E-state index in [1.54, 1.807) is 0 Å². The van der Waals surface area contributed by atoms with Gasteiger partial charge in [0.15, 0.2) is 0 Å². The number of rotatable bonds is 0. The van der Waals surface area contributed by atoms with Crippen molar-refractivity contribution in [2.75, 3.05) is 103 Å². The molecule has 1 N–H and O–H groups in total. The van der Waals surface area contributed by atoms with Crippen LogP contribution in [0.2, 0.25) is 0 Å². The van der Waals surface area contributed by atoms with Gasteiger partial charge in [-0.1, -0.05) is 6.42 Å². The highest BCUT2D eigenvalue weighted by molar-refractivity contribution is 7.99. The van der Waals surface area contributed by atoms with E-state index < -0.39 is 0 Å². The number of piperazine rings is 1. The summed E-state index contributed by atoms with van der Waals surface area (Å²) in [6.45, 7) is 51.2. The third-order valence-electron chi connectivity index (χ3n) is 11.0. The number of hydrogen-bond acceptors (Lipinski definition) is 8. The lowest BCUT2D eigenvalue weighted by Gasteiger charge is -2.59. The minimum absolute atomic E-state index is 0.362. The second-order valence-corrected chi connectivity index (χ2v) is 21.7. The van der Waals surface area contributed by atoms with E-state index in [1.807, 2.05) is 0 Å². The molecule has 1 spiro atoms. The zero-order valence-electron chi connectivity index (χ0n) is 35.7. The first kappa shape index (κ1) is 45.2. The minimum atomic E-state index is 0.362. The van der Waals surface area contributed by atoms with Crippen LogP contribution in [-0.4, -0.2) is 155 Å². The Labute approximate surface area is 311 Å². The summed E-state index contributed by atoms with van der Waals surface area (Å²) in [6.07, 6.45) is 5.64. The van der Waals surface area contributed by atoms with E-state index in [0.29, 0.717) is 33.1 Å². The van der Waals surface area contributed by atoms with Crippen molar-refractivity contribution < 1.29 is 4.74 Å². The number of thioether (sulfide) groups is 1. The van der Waals surface area contributed by atoms with Crippen molar-refractivity contribution in [3.8, 4) is 0 Å². The van der Waals surface area contributed by atoms with Gasteiger partial charge in [0.25, 0.3) is 0 Å². The molecule has 6 saturated heterocycles. The highest BCUT2D eigenvalue weighted by atomic mass is 32.2. The van der Waals surface area contributed by atoms with Crippen LogP contribution < -0.4 is 5.32 Å². The van der Waals surface area contributed by atoms with Crippen molar-refractivity contribution in [3.05, 3.63) is 0 Å². The highest BCUT2D eigenvalue weighted by Gasteiger charge is 2.51. The van der Waals surface area contributed by atoms with Crippen LogP contribution in [0.1, 0.15) is 130 Å². The van der Waals surface area contributed by atoms with Crippen molar-refractivity contribution in [1.29, 1.82) is 0 Å². The van der Waals surface area contributed by atoms with Gasteiger partial charge in [-0.3, -0.25) is 24.5 Å². The van der Waals surface area contributed by atoms with Crippen LogP contribution >= 0.6 is 11.8 Å². The van der Waals surface area contributed by atoms with Crippen LogP contribution in [0.15, 0.2) is 0 Å². The predicted molar refractivity (Wildman–Crippen MR) is 219 cm³/mol. The van der Waals surface area contributed by atoms with Crippen molar-refractivity contribution in [1.82, 2.24) is 29.8 Å². The summed E-state index contributed by atoms with van der Waals surface area (Å²) in [4.78, 5) is 12.7. The van der Waals surface area contributed by atoms with Gasteiger partial charge in [-0.15, -0.1) is 0 Å². The standard InChI is InChI=1S/C9H17NO.C9H19N.C8H18N2.C8H17NS.C7H15N/c1-8(2,3)10-4-9(5-10)6-11-7-9;1-9(2,3)10-7-5-4-6-8-10;1-8(2,3)10-6-4-9-5-7-10;1-8(2,3)9-4-6-10-7-5-9;1-7(2,3)8-5-4-6-8/h4-7H2,1-3H3;4-8H2,1-3H3;9H,4-7H2,1-3H3;4-7H2,1-3H3;4-6H2,1-3H3. The third kappa shape index (κ3) is 16.7. The van der Waals surface area contributed by atoms with Crippen LogP contribution in [0.5, 0.6) is 0 Å². The number of nitrogens with one attached hydrogen (secondary N) is 1. The fraction of sp³-hybridized carbons (Fsp3) is 1.00. The van der Waals surface area contributed by atoms with Crippen molar-refractivity contribution in [3.63, 3.8) is 0 Å². The largest absolute Gasteiger partial charge is 0.380 e. The number of ether oxygens (including phenoxy) is 1. The first-order valence-electron chi connectivity index (χ1n) is 20.1. The molecule has 7 nitrogen and oxygen atoms in total. The van der Waals surface area contributed by atoms with E-state index in [4.69, 9.17) is 4.74 Å². The van der Waals surface area contributed by atoms with E-state index in [2.05, 4.69) is 145 Å². The second-order valence-electron chi connectivity index (χ2n) is 20.4. The minimum Gasteiger partial charge on any atom is -0.380 e. The summed E-state index contributed by atoms with van der Waals surface area (Å²) >= 11 is 2.07. The molecule has 0 aromatic heterocycles. The Morgan fingerprint density at radius 1 is 0.429 bits per heavy atom. The summed E-state index contributed by atoms with van der Waals surface area (Å²) in [5, 5.41) is 3.35. The third-order valence-corrected chi connectivity index (χ3v) is 11.9. The first-order valence-corrected chi connectivity index (χ1v) is 21.2. The molecule has 6 fully saturated rings. The smallest absolute Gasteiger partial charge is 0.0569 e. The molecule has 0 atom stereocenters. The molecule has 49 heavy (non-hydrogen) atoms. The number of piperidine rings is 1. The summed E-state index contributed by atoms with van der Waals surface area (Å²) in [5.41, 5.74) is 2.52. The van der Waals surface area contributed by atoms with Crippen molar-refractivity contribution in [2.45, 2.75) is 157 Å². The van der Waals surface area contributed by atoms with E-state index in [1.165, 1.54) is 103 Å². The van der Waals surface area contributed by atoms with Crippen LogP contribution in [-0.2, 0) is 4.74 Å². The Balaban J connectivity index is 0.000000213. The molecular weight excluding hydrogens is 625 g/mol. The van der Waals surface area contributed by atoms with Gasteiger partial charge in [0, 0.05) is 97.0 Å². The maximum atomic E-state index is 5.21. The summed E-state index contributed by atoms with van der Waals surface area (Å²) in [6, 6.07) is 0. The topological polar surface area (TPSA) is 37.5 Å². The average molecular weight is 711 g/mol. The molecule has 6 aliphatic rings. The number of nitrogens with zero attached hydrogens (tertiary/aromatic N) is 5. The van der Waals surface area contributed by atoms with Gasteiger partial charge in [-0.2, -0.15) is 11.8 Å². The van der Waals surface area contributed by atoms with Gasteiger partial charge in [0.1, 0.15) is 0 Å². The average Bonchev–Trinajstić information content (AvgIpc) is 2.91. The Bertz CT molecular complexity index is 809. The fourth-order valence-electron chi connectivity index (χ4n) is 6.93. The zero-order valence-corrected chi connectivity index (χ0v) is 36.5. The lowest BCUT2D eigenvalue weighted by atomic mass is 9.75. The van der Waals surface area contributed by atoms with Crippen LogP contribution in [0.3, 0.4) is 0 Å². The van der Waals surface area contributed by atoms with Gasteiger partial charge in [0.2, 0.25) is 0 Å². The Morgan fingerprint density at radius 2 is 0.776 bits per heavy atom. The molecule has 0 radical (unpaired) electrons. The molecule has 0 saturated carbocycles. The summed E-state index contributed by atoms with van der Waals surface area (Å²) in [7, 11) is 0. The van der Waals surface area contributed by atoms with E-state index in [0.717, 1.165) is 26.3 Å². The summed E-state index contributed by atoms with van der Waals surface area (Å²) < 4.78 is 5.21. The SMILES string of the molecule is CC(C)(C)N1CC2(COC2)C1.CC(C)(C)N1CCC1.CC(C)(C)N1CCCCC1.CC(C)(C)N1CCNCC1.CC(C)(C)N1CCSCC1. The maximum absolute atomic E-state index is 5.21. The fourth-order valence-corrected chi connectivity index (χ4v) is 7.84. The molecule has 0 amide bonds. The second kappa shape index (κ2) is 19.4. The number of hydrogen-bond donors (Lipinski definition) is 1. The first-order chi connectivity index (χ1) is 22.4. The van der Waals surface area contributed by atoms with E-state index in [-0.39, 0.29) is 0 Å². The Hall–Kier alpha value is 0.0700. The number of likely N-dealkylation sites (tertiary alicyclic amines) is 3. The van der Waals surface area contributed by atoms with Crippen molar-refractivity contribution >= 4 is 11.8 Å². The lowest BCUT2D eigenvalue weighted by molar-refractivity contribution is -0.207. The van der Waals surface area contributed by atoms with E-state index >= 15 is 0 Å². The zero-order chi connectivity index (χ0) is 37.2. The van der Waals surface area contributed by atoms with E-state index in [9.17, 15) is 0 Å². The van der Waals surface area contributed by atoms with Crippen molar-refractivity contribution in [2.24, 2.45) is 5.41 Å². The molecule has 0 aromatic rings. The molecule has 8 heteroatoms. The molecule has 0 unspecified atom stereocenters. The van der Waals surface area contributed by atoms with Gasteiger partial charge in [-0.05, 0) is 149 Å². The quantitative estimate of drug-likeness (QED) is 0.279. The molecular formula is C41H86N6OS. The normalized spacial score (nSPS) is 24.6. The molecule has 6 rings (SSSR count). The van der Waals surface area contributed by atoms with Crippen LogP contribution in [0.25, 0.3) is 0 Å². The predicted octanol–water partition coefficient (Wildman–Crippen LogP) is 7.40. The Morgan fingerprint density at radius 3 is 1.02 bits per heavy atom. The van der Waals surface area contributed by atoms with Gasteiger partial charge in [0.05, 0.1) is 13.2 Å². The molecule has 0 aliphatic carbocycles. The molecule has 292 valence electrons.